The van der Waals surface area contributed by atoms with Crippen molar-refractivity contribution in [3.8, 4) is 0 Å². The van der Waals surface area contributed by atoms with Crippen LogP contribution in [0.5, 0.6) is 0 Å². The van der Waals surface area contributed by atoms with Crippen LogP contribution in [0, 0.1) is 5.92 Å². The second kappa shape index (κ2) is 5.95. The molecule has 0 bridgehead atoms. The van der Waals surface area contributed by atoms with Crippen molar-refractivity contribution in [3.05, 3.63) is 28.2 Å². The van der Waals surface area contributed by atoms with Crippen LogP contribution in [-0.4, -0.2) is 23.4 Å². The maximum atomic E-state index is 12.6. The van der Waals surface area contributed by atoms with Crippen LogP contribution in [0.1, 0.15) is 43.5 Å². The molecule has 1 amide bonds. The maximum Gasteiger partial charge on any atom is 0.254 e. The van der Waals surface area contributed by atoms with Gasteiger partial charge in [-0.2, -0.15) is 0 Å². The summed E-state index contributed by atoms with van der Waals surface area (Å²) in [6, 6.07) is 5.86. The van der Waals surface area contributed by atoms with E-state index in [9.17, 15) is 4.79 Å². The van der Waals surface area contributed by atoms with Gasteiger partial charge in [-0.1, -0.05) is 29.8 Å². The molecule has 1 aliphatic carbocycles. The third-order valence-electron chi connectivity index (χ3n) is 3.36. The standard InChI is InChI=1S/C15H21BrN2O/c1-10(2)5-6-18(14-3-4-14)15(19)11-7-12(16)9-13(17)8-11/h7-10,14H,3-6,17H2,1-2H3. The molecule has 4 heteroatoms. The molecule has 104 valence electrons. The molecule has 0 unspecified atom stereocenters. The van der Waals surface area contributed by atoms with Crippen molar-refractivity contribution in [3.63, 3.8) is 0 Å². The number of halogens is 1. The lowest BCUT2D eigenvalue weighted by atomic mass is 10.1. The van der Waals surface area contributed by atoms with Crippen molar-refractivity contribution in [2.45, 2.75) is 39.2 Å². The highest BCUT2D eigenvalue weighted by Gasteiger charge is 2.32. The van der Waals surface area contributed by atoms with Crippen LogP contribution in [-0.2, 0) is 0 Å². The molecule has 1 aromatic carbocycles. The lowest BCUT2D eigenvalue weighted by molar-refractivity contribution is 0.0735. The highest BCUT2D eigenvalue weighted by atomic mass is 79.9. The predicted molar refractivity (Wildman–Crippen MR) is 82.1 cm³/mol. The van der Waals surface area contributed by atoms with Gasteiger partial charge in [0.25, 0.3) is 5.91 Å². The van der Waals surface area contributed by atoms with E-state index in [-0.39, 0.29) is 5.91 Å². The first kappa shape index (κ1) is 14.4. The second-order valence-electron chi connectivity index (χ2n) is 5.69. The number of nitrogens with two attached hydrogens (primary N) is 1. The number of nitrogens with zero attached hydrogens (tertiary/aromatic N) is 1. The molecule has 19 heavy (non-hydrogen) atoms. The lowest BCUT2D eigenvalue weighted by Crippen LogP contribution is -2.34. The van der Waals surface area contributed by atoms with E-state index in [1.54, 1.807) is 6.07 Å². The molecule has 2 rings (SSSR count). The quantitative estimate of drug-likeness (QED) is 0.840. The van der Waals surface area contributed by atoms with Gasteiger partial charge >= 0.3 is 0 Å². The van der Waals surface area contributed by atoms with Crippen LogP contribution < -0.4 is 5.73 Å². The van der Waals surface area contributed by atoms with Gasteiger partial charge in [-0.3, -0.25) is 4.79 Å². The number of amides is 1. The minimum absolute atomic E-state index is 0.108. The number of rotatable bonds is 5. The van der Waals surface area contributed by atoms with Crippen LogP contribution in [0.2, 0.25) is 0 Å². The highest BCUT2D eigenvalue weighted by molar-refractivity contribution is 9.10. The SMILES string of the molecule is CC(C)CCN(C(=O)c1cc(N)cc(Br)c1)C1CC1. The Morgan fingerprint density at radius 2 is 2.11 bits per heavy atom. The van der Waals surface area contributed by atoms with E-state index in [4.69, 9.17) is 5.73 Å². The van der Waals surface area contributed by atoms with Gasteiger partial charge in [0.2, 0.25) is 0 Å². The van der Waals surface area contributed by atoms with E-state index < -0.39 is 0 Å². The van der Waals surface area contributed by atoms with Crippen molar-refractivity contribution in [1.82, 2.24) is 4.90 Å². The molecule has 1 aliphatic rings. The number of benzene rings is 1. The fraction of sp³-hybridized carbons (Fsp3) is 0.533. The lowest BCUT2D eigenvalue weighted by Gasteiger charge is -2.23. The first-order valence-corrected chi connectivity index (χ1v) is 7.63. The number of anilines is 1. The third kappa shape index (κ3) is 3.96. The van der Waals surface area contributed by atoms with Gasteiger partial charge in [0.05, 0.1) is 0 Å². The fourth-order valence-corrected chi connectivity index (χ4v) is 2.65. The minimum Gasteiger partial charge on any atom is -0.399 e. The molecule has 2 N–H and O–H groups in total. The zero-order chi connectivity index (χ0) is 14.0. The molecule has 3 nitrogen and oxygen atoms in total. The number of carbonyl (C=O) groups is 1. The Balaban J connectivity index is 2.14. The number of nitrogen functional groups attached to an aromatic ring is 1. The number of carbonyl (C=O) groups excluding carboxylic acids is 1. The summed E-state index contributed by atoms with van der Waals surface area (Å²) in [7, 11) is 0. The summed E-state index contributed by atoms with van der Waals surface area (Å²) in [6.45, 7) is 5.22. The molecule has 0 heterocycles. The van der Waals surface area contributed by atoms with Gasteiger partial charge in [-0.15, -0.1) is 0 Å². The second-order valence-corrected chi connectivity index (χ2v) is 6.60. The average Bonchev–Trinajstić information content (AvgIpc) is 3.11. The van der Waals surface area contributed by atoms with Gasteiger partial charge in [0.15, 0.2) is 0 Å². The van der Waals surface area contributed by atoms with Crippen LogP contribution >= 0.6 is 15.9 Å². The Morgan fingerprint density at radius 3 is 2.63 bits per heavy atom. The highest BCUT2D eigenvalue weighted by Crippen LogP contribution is 2.29. The molecule has 0 atom stereocenters. The first-order valence-electron chi connectivity index (χ1n) is 6.84. The van der Waals surface area contributed by atoms with Crippen LogP contribution in [0.4, 0.5) is 5.69 Å². The fourth-order valence-electron chi connectivity index (χ4n) is 2.14. The molecule has 1 saturated carbocycles. The maximum absolute atomic E-state index is 12.6. The summed E-state index contributed by atoms with van der Waals surface area (Å²) >= 11 is 3.39. The number of hydrogen-bond acceptors (Lipinski definition) is 2. The molecule has 0 radical (unpaired) electrons. The molecule has 1 fully saturated rings. The molecule has 1 aromatic rings. The topological polar surface area (TPSA) is 46.3 Å². The van der Waals surface area contributed by atoms with Gasteiger partial charge in [0.1, 0.15) is 0 Å². The van der Waals surface area contributed by atoms with Gasteiger partial charge in [-0.25, -0.2) is 0 Å². The Bertz CT molecular complexity index is 449. The van der Waals surface area contributed by atoms with Crippen molar-refractivity contribution in [1.29, 1.82) is 0 Å². The largest absolute Gasteiger partial charge is 0.399 e. The van der Waals surface area contributed by atoms with Crippen molar-refractivity contribution < 1.29 is 4.79 Å². The minimum atomic E-state index is 0.108. The summed E-state index contributed by atoms with van der Waals surface area (Å²) in [5, 5.41) is 0. The first-order chi connectivity index (χ1) is 8.97. The molecule has 0 saturated heterocycles. The number of hydrogen-bond donors (Lipinski definition) is 1. The smallest absolute Gasteiger partial charge is 0.254 e. The average molecular weight is 325 g/mol. The summed E-state index contributed by atoms with van der Waals surface area (Å²) in [5.74, 6) is 0.720. The Hall–Kier alpha value is -1.03. The van der Waals surface area contributed by atoms with E-state index in [1.165, 1.54) is 0 Å². The van der Waals surface area contributed by atoms with E-state index in [2.05, 4.69) is 29.8 Å². The third-order valence-corrected chi connectivity index (χ3v) is 3.82. The summed E-state index contributed by atoms with van der Waals surface area (Å²) in [5.41, 5.74) is 7.12. The van der Waals surface area contributed by atoms with E-state index in [0.29, 0.717) is 23.2 Å². The normalized spacial score (nSPS) is 14.7. The zero-order valence-corrected chi connectivity index (χ0v) is 13.1. The van der Waals surface area contributed by atoms with Crippen LogP contribution in [0.25, 0.3) is 0 Å². The summed E-state index contributed by atoms with van der Waals surface area (Å²) < 4.78 is 0.857. The van der Waals surface area contributed by atoms with E-state index in [0.717, 1.165) is 30.3 Å². The molecule has 0 aromatic heterocycles. The van der Waals surface area contributed by atoms with Gasteiger partial charge in [-0.05, 0) is 43.4 Å². The Kier molecular flexibility index (Phi) is 4.50. The molecule has 0 aliphatic heterocycles. The van der Waals surface area contributed by atoms with Gasteiger partial charge < -0.3 is 10.6 Å². The van der Waals surface area contributed by atoms with Crippen molar-refractivity contribution in [2.75, 3.05) is 12.3 Å². The van der Waals surface area contributed by atoms with Crippen LogP contribution in [0.3, 0.4) is 0 Å². The monoisotopic (exact) mass is 324 g/mol. The summed E-state index contributed by atoms with van der Waals surface area (Å²) in [4.78, 5) is 14.6. The Labute approximate surface area is 123 Å². The van der Waals surface area contributed by atoms with Gasteiger partial charge in [0, 0.05) is 28.3 Å². The van der Waals surface area contributed by atoms with E-state index >= 15 is 0 Å². The zero-order valence-electron chi connectivity index (χ0n) is 11.5. The summed E-state index contributed by atoms with van der Waals surface area (Å²) in [6.07, 6.45) is 3.31. The molecular formula is C15H21BrN2O. The Morgan fingerprint density at radius 1 is 1.42 bits per heavy atom. The molecular weight excluding hydrogens is 304 g/mol. The predicted octanol–water partition coefficient (Wildman–Crippen LogP) is 3.68. The van der Waals surface area contributed by atoms with Crippen LogP contribution in [0.15, 0.2) is 22.7 Å². The van der Waals surface area contributed by atoms with Crippen molar-refractivity contribution in [2.24, 2.45) is 5.92 Å². The van der Waals surface area contributed by atoms with Crippen molar-refractivity contribution >= 4 is 27.5 Å². The van der Waals surface area contributed by atoms with E-state index in [1.807, 2.05) is 17.0 Å². The molecule has 0 spiro atoms.